The number of esters is 1. The number of rotatable bonds is 3. The highest BCUT2D eigenvalue weighted by atomic mass is 79.9. The molecule has 6 heteroatoms. The van der Waals surface area contributed by atoms with Gasteiger partial charge in [0.1, 0.15) is 11.3 Å². The van der Waals surface area contributed by atoms with E-state index < -0.39 is 12.1 Å². The van der Waals surface area contributed by atoms with Crippen molar-refractivity contribution in [3.63, 3.8) is 0 Å². The van der Waals surface area contributed by atoms with Crippen molar-refractivity contribution in [3.05, 3.63) is 58.1 Å². The summed E-state index contributed by atoms with van der Waals surface area (Å²) in [7, 11) is 0. The lowest BCUT2D eigenvalue weighted by Gasteiger charge is -2.21. The first-order valence-corrected chi connectivity index (χ1v) is 8.35. The number of halogens is 1. The molecule has 2 aromatic rings. The van der Waals surface area contributed by atoms with Gasteiger partial charge >= 0.3 is 5.97 Å². The van der Waals surface area contributed by atoms with Crippen molar-refractivity contribution in [2.75, 3.05) is 11.4 Å². The van der Waals surface area contributed by atoms with E-state index in [1.165, 1.54) is 19.1 Å². The highest BCUT2D eigenvalue weighted by Crippen LogP contribution is 2.29. The maximum Gasteiger partial charge on any atom is 0.342 e. The van der Waals surface area contributed by atoms with Crippen molar-refractivity contribution < 1.29 is 19.4 Å². The number of carbonyl (C=O) groups is 2. The third kappa shape index (κ3) is 3.14. The molecule has 0 aliphatic carbocycles. The quantitative estimate of drug-likeness (QED) is 0.817. The highest BCUT2D eigenvalue weighted by molar-refractivity contribution is 9.10. The molecule has 24 heavy (non-hydrogen) atoms. The summed E-state index contributed by atoms with van der Waals surface area (Å²) < 4.78 is 5.89. The van der Waals surface area contributed by atoms with Crippen LogP contribution in [0.2, 0.25) is 0 Å². The number of amides is 1. The molecule has 1 heterocycles. The molecule has 2 aromatic carbocycles. The molecule has 0 saturated carbocycles. The van der Waals surface area contributed by atoms with E-state index in [1.54, 1.807) is 11.0 Å². The first kappa shape index (κ1) is 16.5. The molecule has 1 atom stereocenters. The van der Waals surface area contributed by atoms with Crippen molar-refractivity contribution in [2.45, 2.75) is 19.4 Å². The van der Waals surface area contributed by atoms with Gasteiger partial charge in [-0.2, -0.15) is 0 Å². The number of phenols is 1. The maximum absolute atomic E-state index is 12.6. The van der Waals surface area contributed by atoms with Crippen molar-refractivity contribution >= 4 is 33.5 Å². The van der Waals surface area contributed by atoms with E-state index >= 15 is 0 Å². The number of aromatic hydroxyl groups is 1. The molecule has 1 aliphatic heterocycles. The van der Waals surface area contributed by atoms with Crippen LogP contribution in [0.1, 0.15) is 22.8 Å². The molecule has 0 radical (unpaired) electrons. The number of para-hydroxylation sites is 1. The van der Waals surface area contributed by atoms with E-state index in [0.717, 1.165) is 17.7 Å². The normalized spacial score (nSPS) is 14.2. The van der Waals surface area contributed by atoms with Gasteiger partial charge in [0.05, 0.1) is 0 Å². The molecule has 0 spiro atoms. The summed E-state index contributed by atoms with van der Waals surface area (Å²) in [5, 5.41) is 9.78. The van der Waals surface area contributed by atoms with Gasteiger partial charge in [-0.05, 0) is 43.2 Å². The monoisotopic (exact) mass is 389 g/mol. The van der Waals surface area contributed by atoms with E-state index in [4.69, 9.17) is 4.74 Å². The minimum absolute atomic E-state index is 0.0193. The Morgan fingerprint density at radius 2 is 2.00 bits per heavy atom. The molecule has 0 unspecified atom stereocenters. The molecule has 0 fully saturated rings. The Balaban J connectivity index is 1.73. The summed E-state index contributed by atoms with van der Waals surface area (Å²) in [6, 6.07) is 12.1. The fraction of sp³-hybridized carbons (Fsp3) is 0.222. The van der Waals surface area contributed by atoms with Crippen LogP contribution in [0.25, 0.3) is 0 Å². The Morgan fingerprint density at radius 3 is 2.79 bits per heavy atom. The summed E-state index contributed by atoms with van der Waals surface area (Å²) in [6.07, 6.45) is -0.156. The van der Waals surface area contributed by atoms with Crippen LogP contribution in [0.15, 0.2) is 46.9 Å². The van der Waals surface area contributed by atoms with E-state index in [1.807, 2.05) is 24.3 Å². The molecule has 1 N–H and O–H groups in total. The van der Waals surface area contributed by atoms with Gasteiger partial charge in [-0.3, -0.25) is 4.79 Å². The minimum atomic E-state index is -0.943. The topological polar surface area (TPSA) is 66.8 Å². The fourth-order valence-corrected chi connectivity index (χ4v) is 3.09. The number of hydrogen-bond acceptors (Lipinski definition) is 4. The standard InChI is InChI=1S/C18H16BrNO4/c1-11(24-18(23)14-10-13(19)6-7-16(14)21)17(22)20-9-8-12-4-2-3-5-15(12)20/h2-7,10-11,21H,8-9H2,1H3/t11-/m0/s1. The van der Waals surface area contributed by atoms with Gasteiger partial charge in [-0.1, -0.05) is 34.1 Å². The molecule has 3 rings (SSSR count). The number of ether oxygens (including phenoxy) is 1. The van der Waals surface area contributed by atoms with Crippen LogP contribution >= 0.6 is 15.9 Å². The number of anilines is 1. The van der Waals surface area contributed by atoms with Crippen molar-refractivity contribution in [1.29, 1.82) is 0 Å². The van der Waals surface area contributed by atoms with Crippen molar-refractivity contribution in [1.82, 2.24) is 0 Å². The average molecular weight is 390 g/mol. The number of phenolic OH excluding ortho intramolecular Hbond substituents is 1. The van der Waals surface area contributed by atoms with Crippen molar-refractivity contribution in [3.8, 4) is 5.75 Å². The number of fused-ring (bicyclic) bond motifs is 1. The SMILES string of the molecule is C[C@H](OC(=O)c1cc(Br)ccc1O)C(=O)N1CCc2ccccc21. The predicted octanol–water partition coefficient (Wildman–Crippen LogP) is 3.29. The van der Waals surface area contributed by atoms with Crippen LogP contribution < -0.4 is 4.90 Å². The van der Waals surface area contributed by atoms with Gasteiger partial charge in [0.2, 0.25) is 0 Å². The lowest BCUT2D eigenvalue weighted by Crippen LogP contribution is -2.39. The number of hydrogen-bond donors (Lipinski definition) is 1. The third-order valence-corrected chi connectivity index (χ3v) is 4.46. The second-order valence-corrected chi connectivity index (χ2v) is 6.49. The molecule has 5 nitrogen and oxygen atoms in total. The molecular formula is C18H16BrNO4. The maximum atomic E-state index is 12.6. The number of nitrogens with zero attached hydrogens (tertiary/aromatic N) is 1. The highest BCUT2D eigenvalue weighted by Gasteiger charge is 2.30. The van der Waals surface area contributed by atoms with Crippen LogP contribution in [-0.4, -0.2) is 29.6 Å². The zero-order valence-electron chi connectivity index (χ0n) is 13.0. The number of benzene rings is 2. The molecule has 1 aliphatic rings. The summed E-state index contributed by atoms with van der Waals surface area (Å²) in [5.41, 5.74) is 1.98. The minimum Gasteiger partial charge on any atom is -0.507 e. The molecule has 124 valence electrons. The molecule has 0 bridgehead atoms. The number of carbonyl (C=O) groups excluding carboxylic acids is 2. The zero-order chi connectivity index (χ0) is 17.3. The molecule has 0 aromatic heterocycles. The first-order chi connectivity index (χ1) is 11.5. The van der Waals surface area contributed by atoms with Crippen LogP contribution in [0.5, 0.6) is 5.75 Å². The zero-order valence-corrected chi connectivity index (χ0v) is 14.6. The van der Waals surface area contributed by atoms with Crippen LogP contribution in [0.3, 0.4) is 0 Å². The van der Waals surface area contributed by atoms with Crippen LogP contribution in [-0.2, 0) is 16.0 Å². The Bertz CT molecular complexity index is 805. The fourth-order valence-electron chi connectivity index (χ4n) is 2.73. The third-order valence-electron chi connectivity index (χ3n) is 3.96. The van der Waals surface area contributed by atoms with Gasteiger partial charge in [-0.25, -0.2) is 4.79 Å². The summed E-state index contributed by atoms with van der Waals surface area (Å²) in [4.78, 5) is 26.5. The second kappa shape index (κ2) is 6.65. The van der Waals surface area contributed by atoms with Crippen molar-refractivity contribution in [2.24, 2.45) is 0 Å². The summed E-state index contributed by atoms with van der Waals surface area (Å²) in [5.74, 6) is -1.20. The van der Waals surface area contributed by atoms with Gasteiger partial charge in [0, 0.05) is 16.7 Å². The lowest BCUT2D eigenvalue weighted by atomic mass is 10.2. The Morgan fingerprint density at radius 1 is 1.25 bits per heavy atom. The van der Waals surface area contributed by atoms with Gasteiger partial charge < -0.3 is 14.7 Å². The summed E-state index contributed by atoms with van der Waals surface area (Å²) in [6.45, 7) is 2.11. The second-order valence-electron chi connectivity index (χ2n) is 5.58. The van der Waals surface area contributed by atoms with Crippen LogP contribution in [0.4, 0.5) is 5.69 Å². The van der Waals surface area contributed by atoms with Gasteiger partial charge in [-0.15, -0.1) is 0 Å². The van der Waals surface area contributed by atoms with E-state index in [-0.39, 0.29) is 17.2 Å². The lowest BCUT2D eigenvalue weighted by molar-refractivity contribution is -0.126. The molecule has 1 amide bonds. The largest absolute Gasteiger partial charge is 0.507 e. The van der Waals surface area contributed by atoms with E-state index in [2.05, 4.69) is 15.9 Å². The van der Waals surface area contributed by atoms with Crippen LogP contribution in [0, 0.1) is 0 Å². The van der Waals surface area contributed by atoms with Gasteiger partial charge in [0.25, 0.3) is 5.91 Å². The van der Waals surface area contributed by atoms with E-state index in [0.29, 0.717) is 11.0 Å². The Kier molecular flexibility index (Phi) is 4.57. The smallest absolute Gasteiger partial charge is 0.342 e. The predicted molar refractivity (Wildman–Crippen MR) is 93.2 cm³/mol. The molecule has 0 saturated heterocycles. The summed E-state index contributed by atoms with van der Waals surface area (Å²) >= 11 is 3.24. The Hall–Kier alpha value is -2.34. The molecular weight excluding hydrogens is 374 g/mol. The first-order valence-electron chi connectivity index (χ1n) is 7.56. The average Bonchev–Trinajstić information content (AvgIpc) is 3.00. The van der Waals surface area contributed by atoms with Gasteiger partial charge in [0.15, 0.2) is 6.10 Å². The van der Waals surface area contributed by atoms with E-state index in [9.17, 15) is 14.7 Å². The Labute approximate surface area is 148 Å².